The van der Waals surface area contributed by atoms with Gasteiger partial charge in [-0.25, -0.2) is 26.3 Å². The van der Waals surface area contributed by atoms with Crippen molar-refractivity contribution >= 4 is 22.1 Å². The monoisotopic (exact) mass is 374 g/mol. The number of fused-ring (bicyclic) bond motifs is 1. The summed E-state index contributed by atoms with van der Waals surface area (Å²) in [6, 6.07) is 0. The summed E-state index contributed by atoms with van der Waals surface area (Å²) >= 11 is 0. The minimum absolute atomic E-state index is 0.261. The Bertz CT molecular complexity index is 813. The molecule has 0 spiro atoms. The highest BCUT2D eigenvalue weighted by atomic mass is 19.2. The molecular weight excluding hydrogens is 358 g/mol. The summed E-state index contributed by atoms with van der Waals surface area (Å²) in [6.07, 6.45) is 2.55. The van der Waals surface area contributed by atoms with Crippen LogP contribution in [0.1, 0.15) is 25.7 Å². The highest BCUT2D eigenvalue weighted by Crippen LogP contribution is 2.42. The van der Waals surface area contributed by atoms with Gasteiger partial charge in [0.25, 0.3) is 0 Å². The highest BCUT2D eigenvalue weighted by molar-refractivity contribution is 5.92. The quantitative estimate of drug-likeness (QED) is 0.546. The van der Waals surface area contributed by atoms with Crippen LogP contribution in [0.2, 0.25) is 0 Å². The van der Waals surface area contributed by atoms with Crippen molar-refractivity contribution in [1.29, 1.82) is 0 Å². The first-order chi connectivity index (χ1) is 12.4. The topological polar surface area (TPSA) is 6.48 Å². The normalized spacial score (nSPS) is 17.8. The summed E-state index contributed by atoms with van der Waals surface area (Å²) < 4.78 is 88.0. The number of anilines is 2. The smallest absolute Gasteiger partial charge is 0.185 e. The van der Waals surface area contributed by atoms with Gasteiger partial charge in [0.1, 0.15) is 11.4 Å². The van der Waals surface area contributed by atoms with Gasteiger partial charge in [0.05, 0.1) is 10.8 Å². The molecule has 26 heavy (non-hydrogen) atoms. The van der Waals surface area contributed by atoms with E-state index in [-0.39, 0.29) is 26.2 Å². The molecule has 0 unspecified atom stereocenters. The van der Waals surface area contributed by atoms with Gasteiger partial charge >= 0.3 is 0 Å². The van der Waals surface area contributed by atoms with Crippen LogP contribution in [0.4, 0.5) is 37.7 Å². The third kappa shape index (κ3) is 2.34. The van der Waals surface area contributed by atoms with E-state index in [0.717, 1.165) is 0 Å². The molecule has 2 fully saturated rings. The lowest BCUT2D eigenvalue weighted by Gasteiger charge is -2.24. The van der Waals surface area contributed by atoms with E-state index < -0.39 is 57.1 Å². The molecule has 0 radical (unpaired) electrons. The van der Waals surface area contributed by atoms with Crippen molar-refractivity contribution < 1.29 is 26.3 Å². The van der Waals surface area contributed by atoms with Gasteiger partial charge in [-0.2, -0.15) is 0 Å². The Morgan fingerprint density at radius 1 is 0.423 bits per heavy atom. The molecule has 2 heterocycles. The van der Waals surface area contributed by atoms with Crippen LogP contribution in [0.25, 0.3) is 10.8 Å². The van der Waals surface area contributed by atoms with Gasteiger partial charge in [-0.3, -0.25) is 0 Å². The fourth-order valence-electron chi connectivity index (χ4n) is 3.93. The maximum Gasteiger partial charge on any atom is 0.185 e. The first-order valence-corrected chi connectivity index (χ1v) is 8.60. The average Bonchev–Trinajstić information content (AvgIpc) is 3.30. The van der Waals surface area contributed by atoms with E-state index >= 15 is 0 Å². The van der Waals surface area contributed by atoms with E-state index in [1.54, 1.807) is 0 Å². The summed E-state index contributed by atoms with van der Waals surface area (Å²) in [7, 11) is 0. The molecule has 0 N–H and O–H groups in total. The van der Waals surface area contributed by atoms with Gasteiger partial charge in [0.2, 0.25) is 0 Å². The standard InChI is InChI=1S/C18H16F6N2/c19-11-10-9(13(21)17(15(11)23)25-5-1-2-6-25)12(20)16(24)18(14(10)22)26-7-3-4-8-26/h1-8H2. The average molecular weight is 374 g/mol. The van der Waals surface area contributed by atoms with Crippen molar-refractivity contribution in [2.45, 2.75) is 25.7 Å². The van der Waals surface area contributed by atoms with Crippen molar-refractivity contribution in [3.8, 4) is 0 Å². The number of hydrogen-bond acceptors (Lipinski definition) is 2. The van der Waals surface area contributed by atoms with Gasteiger partial charge < -0.3 is 9.80 Å². The Labute approximate surface area is 146 Å². The molecule has 0 amide bonds. The lowest BCUT2D eigenvalue weighted by molar-refractivity contribution is 0.480. The number of rotatable bonds is 2. The molecule has 2 aliphatic rings. The molecule has 140 valence electrons. The summed E-state index contributed by atoms with van der Waals surface area (Å²) in [5.41, 5.74) is -1.53. The van der Waals surface area contributed by atoms with Crippen molar-refractivity contribution in [1.82, 2.24) is 0 Å². The van der Waals surface area contributed by atoms with E-state index in [4.69, 9.17) is 0 Å². The molecule has 2 aromatic rings. The zero-order valence-corrected chi connectivity index (χ0v) is 13.8. The highest BCUT2D eigenvalue weighted by Gasteiger charge is 2.34. The molecule has 0 atom stereocenters. The van der Waals surface area contributed by atoms with Crippen molar-refractivity contribution in [2.24, 2.45) is 0 Å². The van der Waals surface area contributed by atoms with E-state index in [0.29, 0.717) is 25.7 Å². The predicted octanol–water partition coefficient (Wildman–Crippen LogP) is 4.87. The molecular formula is C18H16F6N2. The Hall–Kier alpha value is -2.12. The minimum Gasteiger partial charge on any atom is -0.367 e. The fraction of sp³-hybridized carbons (Fsp3) is 0.444. The molecule has 2 aromatic carbocycles. The SMILES string of the molecule is Fc1c(N2CCCC2)c(F)c2c(F)c(F)c(N3CCCC3)c(F)c2c1F. The van der Waals surface area contributed by atoms with Crippen LogP contribution in [-0.2, 0) is 0 Å². The van der Waals surface area contributed by atoms with Crippen LogP contribution in [0.5, 0.6) is 0 Å². The molecule has 2 nitrogen and oxygen atoms in total. The summed E-state index contributed by atoms with van der Waals surface area (Å²) in [4.78, 5) is 2.47. The van der Waals surface area contributed by atoms with E-state index in [9.17, 15) is 26.3 Å². The minimum atomic E-state index is -1.69. The summed E-state index contributed by atoms with van der Waals surface area (Å²) in [5.74, 6) is -9.48. The van der Waals surface area contributed by atoms with Gasteiger partial charge in [-0.1, -0.05) is 0 Å². The van der Waals surface area contributed by atoms with Crippen LogP contribution >= 0.6 is 0 Å². The van der Waals surface area contributed by atoms with Gasteiger partial charge in [0.15, 0.2) is 34.9 Å². The zero-order chi connectivity index (χ0) is 18.6. The molecule has 8 heteroatoms. The fourth-order valence-corrected chi connectivity index (χ4v) is 3.93. The van der Waals surface area contributed by atoms with E-state index in [2.05, 4.69) is 0 Å². The molecule has 0 saturated carbocycles. The van der Waals surface area contributed by atoms with Crippen LogP contribution in [-0.4, -0.2) is 26.2 Å². The summed E-state index contributed by atoms with van der Waals surface area (Å²) in [6.45, 7) is 1.04. The van der Waals surface area contributed by atoms with Crippen LogP contribution in [0.15, 0.2) is 0 Å². The second kappa shape index (κ2) is 6.25. The third-order valence-corrected chi connectivity index (χ3v) is 5.19. The first-order valence-electron chi connectivity index (χ1n) is 8.60. The van der Waals surface area contributed by atoms with Gasteiger partial charge in [-0.05, 0) is 25.7 Å². The number of benzene rings is 2. The Balaban J connectivity index is 2.05. The Morgan fingerprint density at radius 2 is 0.731 bits per heavy atom. The Kier molecular flexibility index (Phi) is 4.16. The molecule has 0 bridgehead atoms. The van der Waals surface area contributed by atoms with Crippen LogP contribution in [0.3, 0.4) is 0 Å². The largest absolute Gasteiger partial charge is 0.367 e. The summed E-state index contributed by atoms with van der Waals surface area (Å²) in [5, 5.41) is -2.35. The first kappa shape index (κ1) is 17.3. The molecule has 4 rings (SSSR count). The number of nitrogens with zero attached hydrogens (tertiary/aromatic N) is 2. The zero-order valence-electron chi connectivity index (χ0n) is 13.8. The van der Waals surface area contributed by atoms with Crippen LogP contribution in [0, 0.1) is 34.9 Å². The van der Waals surface area contributed by atoms with Gasteiger partial charge in [-0.15, -0.1) is 0 Å². The third-order valence-electron chi connectivity index (χ3n) is 5.19. The molecule has 0 aliphatic carbocycles. The second-order valence-corrected chi connectivity index (χ2v) is 6.72. The number of halogens is 6. The molecule has 0 aromatic heterocycles. The second-order valence-electron chi connectivity index (χ2n) is 6.72. The van der Waals surface area contributed by atoms with Crippen LogP contribution < -0.4 is 9.80 Å². The van der Waals surface area contributed by atoms with Crippen molar-refractivity contribution in [3.63, 3.8) is 0 Å². The Morgan fingerprint density at radius 3 is 1.04 bits per heavy atom. The van der Waals surface area contributed by atoms with E-state index in [1.807, 2.05) is 0 Å². The van der Waals surface area contributed by atoms with Crippen molar-refractivity contribution in [3.05, 3.63) is 34.9 Å². The lowest BCUT2D eigenvalue weighted by Crippen LogP contribution is -2.24. The molecule has 2 aliphatic heterocycles. The predicted molar refractivity (Wildman–Crippen MR) is 86.6 cm³/mol. The maximum absolute atomic E-state index is 14.9. The molecule has 2 saturated heterocycles. The van der Waals surface area contributed by atoms with E-state index in [1.165, 1.54) is 9.80 Å². The van der Waals surface area contributed by atoms with Crippen molar-refractivity contribution in [2.75, 3.05) is 36.0 Å². The van der Waals surface area contributed by atoms with Gasteiger partial charge in [0, 0.05) is 26.2 Å². The number of hydrogen-bond donors (Lipinski definition) is 0. The lowest BCUT2D eigenvalue weighted by atomic mass is 10.0. The maximum atomic E-state index is 14.9.